The molecular weight excluding hydrogens is 304 g/mol. The molecule has 2 heterocycles. The van der Waals surface area contributed by atoms with E-state index in [0.29, 0.717) is 29.4 Å². The van der Waals surface area contributed by atoms with Crippen LogP contribution in [0.15, 0.2) is 39.6 Å². The molecule has 0 bridgehead atoms. The van der Waals surface area contributed by atoms with E-state index in [2.05, 4.69) is 21.4 Å². The van der Waals surface area contributed by atoms with E-state index in [1.54, 1.807) is 6.07 Å². The van der Waals surface area contributed by atoms with E-state index in [1.807, 2.05) is 25.1 Å². The van der Waals surface area contributed by atoms with Gasteiger partial charge in [-0.05, 0) is 38.7 Å². The van der Waals surface area contributed by atoms with Crippen molar-refractivity contribution >= 4 is 16.3 Å². The number of aromatic nitrogens is 4. The van der Waals surface area contributed by atoms with Crippen LogP contribution in [0.1, 0.15) is 38.5 Å². The van der Waals surface area contributed by atoms with Crippen LogP contribution in [0.3, 0.4) is 0 Å². The lowest BCUT2D eigenvalue weighted by Crippen LogP contribution is -2.22. The third kappa shape index (κ3) is 2.44. The summed E-state index contributed by atoms with van der Waals surface area (Å²) < 4.78 is 7.32. The Morgan fingerprint density at radius 1 is 1.12 bits per heavy atom. The van der Waals surface area contributed by atoms with E-state index < -0.39 is 0 Å². The minimum absolute atomic E-state index is 0.105. The van der Waals surface area contributed by atoms with Crippen LogP contribution in [0.5, 0.6) is 0 Å². The maximum absolute atomic E-state index is 12.4. The first-order chi connectivity index (χ1) is 11.8. The Morgan fingerprint density at radius 2 is 1.92 bits per heavy atom. The van der Waals surface area contributed by atoms with Gasteiger partial charge < -0.3 is 4.42 Å². The second-order valence-corrected chi connectivity index (χ2v) is 5.90. The number of aryl methyl sites for hydroxylation is 1. The van der Waals surface area contributed by atoms with E-state index in [1.165, 1.54) is 11.1 Å². The lowest BCUT2D eigenvalue weighted by Gasteiger charge is -2.08. The van der Waals surface area contributed by atoms with Gasteiger partial charge in [-0.1, -0.05) is 24.3 Å². The van der Waals surface area contributed by atoms with Gasteiger partial charge in [-0.3, -0.25) is 4.79 Å². The van der Waals surface area contributed by atoms with E-state index in [-0.39, 0.29) is 5.56 Å². The molecule has 0 N–H and O–H groups in total. The fraction of sp³-hybridized carbons (Fsp3) is 0.333. The summed E-state index contributed by atoms with van der Waals surface area (Å²) in [5.41, 5.74) is 1.56. The van der Waals surface area contributed by atoms with Crippen molar-refractivity contribution in [2.24, 2.45) is 0 Å². The number of allylic oxidation sites excluding steroid dienone is 2. The Bertz CT molecular complexity index is 984. The standard InChI is InChI=1S/C18H18N4O2/c1-2-22-18(23)14-11-7-6-10-13(14)15(21-22)17-20-19-16(24-17)12-8-4-3-5-9-12/h6-8,10-11H,2-5,9H2,1H3. The Morgan fingerprint density at radius 3 is 2.67 bits per heavy atom. The van der Waals surface area contributed by atoms with Crippen LogP contribution in [0.25, 0.3) is 27.9 Å². The Kier molecular flexibility index (Phi) is 3.72. The molecule has 0 fully saturated rings. The zero-order valence-corrected chi connectivity index (χ0v) is 13.5. The third-order valence-corrected chi connectivity index (χ3v) is 4.36. The van der Waals surface area contributed by atoms with Gasteiger partial charge in [0, 0.05) is 17.5 Å². The summed E-state index contributed by atoms with van der Waals surface area (Å²) in [6.07, 6.45) is 6.53. The summed E-state index contributed by atoms with van der Waals surface area (Å²) in [4.78, 5) is 12.4. The van der Waals surface area contributed by atoms with Crippen molar-refractivity contribution < 1.29 is 4.42 Å². The number of nitrogens with zero attached hydrogens (tertiary/aromatic N) is 4. The van der Waals surface area contributed by atoms with Crippen LogP contribution in [0.4, 0.5) is 0 Å². The van der Waals surface area contributed by atoms with Gasteiger partial charge in [0.1, 0.15) is 0 Å². The molecule has 6 heteroatoms. The Labute approximate surface area is 138 Å². The molecule has 122 valence electrons. The molecule has 0 amide bonds. The van der Waals surface area contributed by atoms with Crippen LogP contribution >= 0.6 is 0 Å². The molecule has 1 aliphatic carbocycles. The summed E-state index contributed by atoms with van der Waals surface area (Å²) in [7, 11) is 0. The quantitative estimate of drug-likeness (QED) is 0.738. The Balaban J connectivity index is 1.88. The summed E-state index contributed by atoms with van der Waals surface area (Å²) in [6.45, 7) is 2.38. The first kappa shape index (κ1) is 14.8. The first-order valence-corrected chi connectivity index (χ1v) is 8.31. The number of hydrogen-bond acceptors (Lipinski definition) is 5. The first-order valence-electron chi connectivity index (χ1n) is 8.31. The van der Waals surface area contributed by atoms with Crippen molar-refractivity contribution in [3.05, 3.63) is 46.6 Å². The van der Waals surface area contributed by atoms with Crippen molar-refractivity contribution in [1.29, 1.82) is 0 Å². The Hall–Kier alpha value is -2.76. The fourth-order valence-corrected chi connectivity index (χ4v) is 3.09. The summed E-state index contributed by atoms with van der Waals surface area (Å²) in [6, 6.07) is 7.39. The van der Waals surface area contributed by atoms with Gasteiger partial charge in [0.2, 0.25) is 5.89 Å². The minimum Gasteiger partial charge on any atom is -0.415 e. The zero-order chi connectivity index (χ0) is 16.5. The van der Waals surface area contributed by atoms with E-state index >= 15 is 0 Å². The van der Waals surface area contributed by atoms with Gasteiger partial charge in [-0.25, -0.2) is 4.68 Å². The van der Waals surface area contributed by atoms with Gasteiger partial charge in [0.15, 0.2) is 5.69 Å². The number of rotatable bonds is 3. The SMILES string of the molecule is CCn1nc(-c2nnc(C3=CCCCC3)o2)c2ccccc2c1=O. The fourth-order valence-electron chi connectivity index (χ4n) is 3.09. The highest BCUT2D eigenvalue weighted by Gasteiger charge is 2.19. The highest BCUT2D eigenvalue weighted by Crippen LogP contribution is 2.29. The molecule has 0 unspecified atom stereocenters. The lowest BCUT2D eigenvalue weighted by atomic mass is 10.00. The zero-order valence-electron chi connectivity index (χ0n) is 13.5. The molecular formula is C18H18N4O2. The van der Waals surface area contributed by atoms with Crippen molar-refractivity contribution in [3.63, 3.8) is 0 Å². The second kappa shape index (κ2) is 6.03. The summed E-state index contributed by atoms with van der Waals surface area (Å²) in [5, 5.41) is 14.2. The molecule has 0 saturated carbocycles. The summed E-state index contributed by atoms with van der Waals surface area (Å²) >= 11 is 0. The lowest BCUT2D eigenvalue weighted by molar-refractivity contribution is 0.537. The minimum atomic E-state index is -0.105. The van der Waals surface area contributed by atoms with Gasteiger partial charge in [-0.2, -0.15) is 5.10 Å². The highest BCUT2D eigenvalue weighted by molar-refractivity contribution is 5.91. The predicted molar refractivity (Wildman–Crippen MR) is 91.4 cm³/mol. The van der Waals surface area contributed by atoms with Gasteiger partial charge in [0.25, 0.3) is 11.4 Å². The van der Waals surface area contributed by atoms with E-state index in [9.17, 15) is 4.79 Å². The molecule has 24 heavy (non-hydrogen) atoms. The number of hydrogen-bond donors (Lipinski definition) is 0. The van der Waals surface area contributed by atoms with Crippen LogP contribution < -0.4 is 5.56 Å². The molecule has 1 aromatic carbocycles. The third-order valence-electron chi connectivity index (χ3n) is 4.36. The highest BCUT2D eigenvalue weighted by atomic mass is 16.4. The molecule has 1 aliphatic rings. The molecule has 4 rings (SSSR count). The van der Waals surface area contributed by atoms with Crippen molar-refractivity contribution in [2.75, 3.05) is 0 Å². The largest absolute Gasteiger partial charge is 0.415 e. The average Bonchev–Trinajstić information content (AvgIpc) is 3.13. The molecule has 3 aromatic rings. The van der Waals surface area contributed by atoms with Crippen LogP contribution in [-0.2, 0) is 6.54 Å². The van der Waals surface area contributed by atoms with Gasteiger partial charge >= 0.3 is 0 Å². The average molecular weight is 322 g/mol. The van der Waals surface area contributed by atoms with Crippen LogP contribution in [0, 0.1) is 0 Å². The number of fused-ring (bicyclic) bond motifs is 1. The molecule has 0 aliphatic heterocycles. The maximum atomic E-state index is 12.4. The monoisotopic (exact) mass is 322 g/mol. The summed E-state index contributed by atoms with van der Waals surface area (Å²) in [5.74, 6) is 0.916. The molecule has 2 aromatic heterocycles. The van der Waals surface area contributed by atoms with E-state index in [0.717, 1.165) is 30.2 Å². The van der Waals surface area contributed by atoms with E-state index in [4.69, 9.17) is 4.42 Å². The van der Waals surface area contributed by atoms with Crippen molar-refractivity contribution in [1.82, 2.24) is 20.0 Å². The topological polar surface area (TPSA) is 73.8 Å². The predicted octanol–water partition coefficient (Wildman–Crippen LogP) is 3.42. The normalized spacial score (nSPS) is 14.8. The maximum Gasteiger partial charge on any atom is 0.274 e. The van der Waals surface area contributed by atoms with Crippen LogP contribution in [-0.4, -0.2) is 20.0 Å². The molecule has 0 saturated heterocycles. The molecule has 0 radical (unpaired) electrons. The van der Waals surface area contributed by atoms with Crippen LogP contribution in [0.2, 0.25) is 0 Å². The molecule has 0 atom stereocenters. The van der Waals surface area contributed by atoms with Crippen molar-refractivity contribution in [2.45, 2.75) is 39.2 Å². The second-order valence-electron chi connectivity index (χ2n) is 5.90. The van der Waals surface area contributed by atoms with Gasteiger partial charge in [0.05, 0.1) is 5.39 Å². The molecule has 0 spiro atoms. The molecule has 6 nitrogen and oxygen atoms in total. The number of benzene rings is 1. The van der Waals surface area contributed by atoms with Gasteiger partial charge in [-0.15, -0.1) is 10.2 Å². The van der Waals surface area contributed by atoms with Crippen molar-refractivity contribution in [3.8, 4) is 11.6 Å². The smallest absolute Gasteiger partial charge is 0.274 e.